The van der Waals surface area contributed by atoms with E-state index in [1.54, 1.807) is 0 Å². The lowest BCUT2D eigenvalue weighted by Gasteiger charge is -2.35. The first-order valence-corrected chi connectivity index (χ1v) is 6.05. The van der Waals surface area contributed by atoms with E-state index in [1.807, 2.05) is 6.92 Å². The van der Waals surface area contributed by atoms with Gasteiger partial charge in [0, 0.05) is 24.9 Å². The highest BCUT2D eigenvalue weighted by atomic mass is 32.2. The molecule has 6 heteroatoms. The van der Waals surface area contributed by atoms with E-state index in [1.165, 1.54) is 0 Å². The van der Waals surface area contributed by atoms with E-state index in [0.717, 1.165) is 12.8 Å². The highest BCUT2D eigenvalue weighted by Crippen LogP contribution is 2.29. The summed E-state index contributed by atoms with van der Waals surface area (Å²) >= 11 is 0.0274. The van der Waals surface area contributed by atoms with Gasteiger partial charge in [-0.15, -0.1) is 0 Å². The lowest BCUT2D eigenvalue weighted by molar-refractivity contribution is -0.0329. The summed E-state index contributed by atoms with van der Waals surface area (Å²) in [5.74, 6) is 0.0826. The first-order chi connectivity index (χ1) is 7.01. The Kier molecular flexibility index (Phi) is 5.22. The molecule has 90 valence electrons. The summed E-state index contributed by atoms with van der Waals surface area (Å²) in [6.45, 7) is 3.07. The molecule has 0 aromatic rings. The maximum atomic E-state index is 11.8. The van der Waals surface area contributed by atoms with Crippen LogP contribution in [-0.2, 0) is 4.74 Å². The van der Waals surface area contributed by atoms with Crippen LogP contribution >= 0.6 is 11.8 Å². The lowest BCUT2D eigenvalue weighted by atomic mass is 9.89. The second kappa shape index (κ2) is 5.96. The molecule has 0 spiro atoms. The summed E-state index contributed by atoms with van der Waals surface area (Å²) in [5.41, 5.74) is -4.10. The van der Waals surface area contributed by atoms with Crippen LogP contribution in [0.15, 0.2) is 0 Å². The SMILES string of the molecule is CCOC1CC(NCCSC(F)(F)F)C1. The van der Waals surface area contributed by atoms with Crippen LogP contribution in [-0.4, -0.2) is 36.6 Å². The number of rotatable bonds is 6. The van der Waals surface area contributed by atoms with Crippen molar-refractivity contribution in [1.82, 2.24) is 5.32 Å². The van der Waals surface area contributed by atoms with Gasteiger partial charge >= 0.3 is 5.51 Å². The maximum Gasteiger partial charge on any atom is 0.441 e. The summed E-state index contributed by atoms with van der Waals surface area (Å²) < 4.78 is 40.6. The zero-order valence-electron chi connectivity index (χ0n) is 8.64. The zero-order chi connectivity index (χ0) is 11.3. The molecular weight excluding hydrogens is 227 g/mol. The number of thioether (sulfide) groups is 1. The fourth-order valence-electron chi connectivity index (χ4n) is 1.53. The standard InChI is InChI=1S/C9H16F3NOS/c1-2-14-8-5-7(6-8)13-3-4-15-9(10,11)12/h7-8,13H,2-6H2,1H3. The molecule has 0 aromatic carbocycles. The summed E-state index contributed by atoms with van der Waals surface area (Å²) in [6.07, 6.45) is 2.15. The molecule has 0 unspecified atom stereocenters. The molecule has 0 saturated heterocycles. The molecular formula is C9H16F3NOS. The normalized spacial score (nSPS) is 26.4. The van der Waals surface area contributed by atoms with Gasteiger partial charge in [-0.25, -0.2) is 0 Å². The molecule has 0 bridgehead atoms. The molecule has 1 fully saturated rings. The molecule has 0 radical (unpaired) electrons. The van der Waals surface area contributed by atoms with E-state index >= 15 is 0 Å². The van der Waals surface area contributed by atoms with Gasteiger partial charge in [0.15, 0.2) is 0 Å². The van der Waals surface area contributed by atoms with Crippen molar-refractivity contribution in [1.29, 1.82) is 0 Å². The van der Waals surface area contributed by atoms with Gasteiger partial charge in [0.1, 0.15) is 0 Å². The Morgan fingerprint density at radius 2 is 2.07 bits per heavy atom. The molecule has 1 saturated carbocycles. The maximum absolute atomic E-state index is 11.8. The van der Waals surface area contributed by atoms with Gasteiger partial charge in [0.25, 0.3) is 0 Å². The second-order valence-corrected chi connectivity index (χ2v) is 4.65. The van der Waals surface area contributed by atoms with Crippen molar-refractivity contribution in [3.05, 3.63) is 0 Å². The van der Waals surface area contributed by atoms with Crippen molar-refractivity contribution in [3.63, 3.8) is 0 Å². The fourth-order valence-corrected chi connectivity index (χ4v) is 1.99. The van der Waals surface area contributed by atoms with Gasteiger partial charge in [0.2, 0.25) is 0 Å². The third-order valence-electron chi connectivity index (χ3n) is 2.30. The van der Waals surface area contributed by atoms with Crippen molar-refractivity contribution in [2.45, 2.75) is 37.4 Å². The van der Waals surface area contributed by atoms with E-state index in [0.29, 0.717) is 25.3 Å². The molecule has 15 heavy (non-hydrogen) atoms. The van der Waals surface area contributed by atoms with Crippen molar-refractivity contribution in [2.75, 3.05) is 18.9 Å². The minimum absolute atomic E-state index is 0.0274. The van der Waals surface area contributed by atoms with E-state index < -0.39 is 5.51 Å². The highest BCUT2D eigenvalue weighted by molar-refractivity contribution is 8.00. The smallest absolute Gasteiger partial charge is 0.378 e. The first-order valence-electron chi connectivity index (χ1n) is 5.07. The Balaban J connectivity index is 1.91. The van der Waals surface area contributed by atoms with Crippen molar-refractivity contribution >= 4 is 11.8 Å². The minimum atomic E-state index is -4.10. The molecule has 0 heterocycles. The average molecular weight is 243 g/mol. The Morgan fingerprint density at radius 3 is 2.60 bits per heavy atom. The monoisotopic (exact) mass is 243 g/mol. The molecule has 0 amide bonds. The summed E-state index contributed by atoms with van der Waals surface area (Å²) in [5, 5.41) is 3.08. The summed E-state index contributed by atoms with van der Waals surface area (Å²) in [6, 6.07) is 0.343. The number of nitrogens with one attached hydrogen (secondary N) is 1. The van der Waals surface area contributed by atoms with E-state index in [9.17, 15) is 13.2 Å². The molecule has 0 aliphatic heterocycles. The van der Waals surface area contributed by atoms with Gasteiger partial charge in [-0.1, -0.05) is 0 Å². The van der Waals surface area contributed by atoms with Crippen LogP contribution in [0.4, 0.5) is 13.2 Å². The largest absolute Gasteiger partial charge is 0.441 e. The molecule has 1 aliphatic carbocycles. The van der Waals surface area contributed by atoms with Crippen molar-refractivity contribution < 1.29 is 17.9 Å². The summed E-state index contributed by atoms with van der Waals surface area (Å²) in [4.78, 5) is 0. The number of hydrogen-bond donors (Lipinski definition) is 1. The first kappa shape index (κ1) is 13.1. The predicted octanol–water partition coefficient (Wildman–Crippen LogP) is 2.40. The molecule has 1 aliphatic rings. The second-order valence-electron chi connectivity index (χ2n) is 3.49. The van der Waals surface area contributed by atoms with Gasteiger partial charge in [-0.2, -0.15) is 13.2 Å². The van der Waals surface area contributed by atoms with Crippen LogP contribution < -0.4 is 5.32 Å². The zero-order valence-corrected chi connectivity index (χ0v) is 9.46. The van der Waals surface area contributed by atoms with Crippen molar-refractivity contribution in [3.8, 4) is 0 Å². The molecule has 0 atom stereocenters. The molecule has 2 nitrogen and oxygen atoms in total. The topological polar surface area (TPSA) is 21.3 Å². The fraction of sp³-hybridized carbons (Fsp3) is 1.00. The third-order valence-corrected chi connectivity index (χ3v) is 3.03. The van der Waals surface area contributed by atoms with Crippen LogP contribution in [0.3, 0.4) is 0 Å². The van der Waals surface area contributed by atoms with Gasteiger partial charge in [-0.05, 0) is 31.5 Å². The van der Waals surface area contributed by atoms with Crippen LogP contribution in [0.1, 0.15) is 19.8 Å². The lowest BCUT2D eigenvalue weighted by Crippen LogP contribution is -2.46. The Labute approximate surface area is 91.9 Å². The van der Waals surface area contributed by atoms with Crippen LogP contribution in [0, 0.1) is 0 Å². The van der Waals surface area contributed by atoms with Crippen molar-refractivity contribution in [2.24, 2.45) is 0 Å². The highest BCUT2D eigenvalue weighted by Gasteiger charge is 2.30. The van der Waals surface area contributed by atoms with E-state index in [2.05, 4.69) is 5.32 Å². The van der Waals surface area contributed by atoms with Crippen LogP contribution in [0.25, 0.3) is 0 Å². The number of hydrogen-bond acceptors (Lipinski definition) is 3. The molecule has 0 aromatic heterocycles. The number of alkyl halides is 3. The Morgan fingerprint density at radius 1 is 1.40 bits per heavy atom. The minimum Gasteiger partial charge on any atom is -0.378 e. The summed E-state index contributed by atoms with van der Waals surface area (Å²) in [7, 11) is 0. The molecule has 1 rings (SSSR count). The van der Waals surface area contributed by atoms with Gasteiger partial charge < -0.3 is 10.1 Å². The molecule has 1 N–H and O–H groups in total. The van der Waals surface area contributed by atoms with Gasteiger partial charge in [0.05, 0.1) is 6.10 Å². The Hall–Kier alpha value is 0.0600. The quantitative estimate of drug-likeness (QED) is 0.724. The van der Waals surface area contributed by atoms with E-state index in [-0.39, 0.29) is 17.5 Å². The average Bonchev–Trinajstić information content (AvgIpc) is 2.05. The third kappa shape index (κ3) is 5.63. The van der Waals surface area contributed by atoms with Crippen LogP contribution in [0.5, 0.6) is 0 Å². The van der Waals surface area contributed by atoms with Gasteiger partial charge in [-0.3, -0.25) is 0 Å². The van der Waals surface area contributed by atoms with Crippen LogP contribution in [0.2, 0.25) is 0 Å². The number of ether oxygens (including phenoxy) is 1. The predicted molar refractivity (Wildman–Crippen MR) is 55.0 cm³/mol. The number of halogens is 3. The Bertz CT molecular complexity index is 183. The van der Waals surface area contributed by atoms with E-state index in [4.69, 9.17) is 4.74 Å².